The maximum atomic E-state index is 6.01. The average Bonchev–Trinajstić information content (AvgIpc) is 2.26. The lowest BCUT2D eigenvalue weighted by Crippen LogP contribution is -2.29. The third-order valence-electron chi connectivity index (χ3n) is 3.87. The van der Waals surface area contributed by atoms with Crippen LogP contribution in [0.5, 0.6) is 11.5 Å². The van der Waals surface area contributed by atoms with Gasteiger partial charge in [0.1, 0.15) is 23.7 Å². The topological polar surface area (TPSA) is 18.5 Å². The summed E-state index contributed by atoms with van der Waals surface area (Å²) < 4.78 is 12.0. The zero-order valence-electron chi connectivity index (χ0n) is 14.3. The summed E-state index contributed by atoms with van der Waals surface area (Å²) >= 11 is 0. The van der Waals surface area contributed by atoms with Crippen molar-refractivity contribution < 1.29 is 9.47 Å². The van der Waals surface area contributed by atoms with Crippen LogP contribution in [0.3, 0.4) is 0 Å². The van der Waals surface area contributed by atoms with Gasteiger partial charge in [-0.15, -0.1) is 0 Å². The van der Waals surface area contributed by atoms with E-state index in [1.165, 1.54) is 0 Å². The monoisotopic (exact) mass is 278 g/mol. The van der Waals surface area contributed by atoms with Crippen LogP contribution in [-0.4, -0.2) is 12.2 Å². The SMILES string of the molecule is CC(Oc1cccc(OC(C)C(C)(C)C)c1)C(C)(C)C. The number of hydrogen-bond acceptors (Lipinski definition) is 2. The summed E-state index contributed by atoms with van der Waals surface area (Å²) in [6.07, 6.45) is 0.301. The van der Waals surface area contributed by atoms with Crippen molar-refractivity contribution in [2.75, 3.05) is 0 Å². The lowest BCUT2D eigenvalue weighted by atomic mass is 9.90. The lowest BCUT2D eigenvalue weighted by molar-refractivity contribution is 0.0959. The molecule has 1 aromatic carbocycles. The van der Waals surface area contributed by atoms with Crippen LogP contribution in [0.1, 0.15) is 55.4 Å². The summed E-state index contributed by atoms with van der Waals surface area (Å²) in [4.78, 5) is 0. The van der Waals surface area contributed by atoms with Gasteiger partial charge in [0.2, 0.25) is 0 Å². The smallest absolute Gasteiger partial charge is 0.123 e. The maximum absolute atomic E-state index is 6.01. The summed E-state index contributed by atoms with van der Waals surface area (Å²) in [5.74, 6) is 1.73. The van der Waals surface area contributed by atoms with E-state index in [1.807, 2.05) is 24.3 Å². The molecule has 0 N–H and O–H groups in total. The Balaban J connectivity index is 2.76. The van der Waals surface area contributed by atoms with Crippen molar-refractivity contribution in [1.82, 2.24) is 0 Å². The molecule has 2 unspecified atom stereocenters. The van der Waals surface area contributed by atoms with Gasteiger partial charge in [0, 0.05) is 6.07 Å². The molecular weight excluding hydrogens is 248 g/mol. The van der Waals surface area contributed by atoms with Gasteiger partial charge >= 0.3 is 0 Å². The molecule has 0 radical (unpaired) electrons. The largest absolute Gasteiger partial charge is 0.490 e. The highest BCUT2D eigenvalue weighted by atomic mass is 16.5. The quantitative estimate of drug-likeness (QED) is 0.742. The summed E-state index contributed by atoms with van der Waals surface area (Å²) in [6, 6.07) is 7.92. The number of hydrogen-bond donors (Lipinski definition) is 0. The van der Waals surface area contributed by atoms with Crippen molar-refractivity contribution in [2.45, 2.75) is 67.6 Å². The highest BCUT2D eigenvalue weighted by Gasteiger charge is 2.23. The predicted molar refractivity (Wildman–Crippen MR) is 85.5 cm³/mol. The molecule has 0 aromatic heterocycles. The van der Waals surface area contributed by atoms with E-state index >= 15 is 0 Å². The van der Waals surface area contributed by atoms with E-state index in [-0.39, 0.29) is 23.0 Å². The molecule has 1 aromatic rings. The van der Waals surface area contributed by atoms with E-state index in [0.717, 1.165) is 11.5 Å². The lowest BCUT2D eigenvalue weighted by Gasteiger charge is -2.29. The maximum Gasteiger partial charge on any atom is 0.123 e. The Morgan fingerprint density at radius 1 is 0.750 bits per heavy atom. The molecular formula is C18H30O2. The zero-order valence-corrected chi connectivity index (χ0v) is 14.3. The summed E-state index contributed by atoms with van der Waals surface area (Å²) in [7, 11) is 0. The van der Waals surface area contributed by atoms with Crippen molar-refractivity contribution >= 4 is 0 Å². The fourth-order valence-electron chi connectivity index (χ4n) is 1.38. The Labute approximate surface area is 124 Å². The first-order chi connectivity index (χ1) is 9.00. The molecule has 2 heteroatoms. The standard InChI is InChI=1S/C18H30O2/c1-13(17(3,4)5)19-15-10-9-11-16(12-15)20-14(2)18(6,7)8/h9-14H,1-8H3. The van der Waals surface area contributed by atoms with E-state index in [0.29, 0.717) is 0 Å². The van der Waals surface area contributed by atoms with E-state index in [1.54, 1.807) is 0 Å². The van der Waals surface area contributed by atoms with Gasteiger partial charge in [-0.1, -0.05) is 47.6 Å². The van der Waals surface area contributed by atoms with Gasteiger partial charge in [0.15, 0.2) is 0 Å². The number of rotatable bonds is 4. The number of benzene rings is 1. The van der Waals surface area contributed by atoms with Crippen molar-refractivity contribution in [3.63, 3.8) is 0 Å². The molecule has 0 amide bonds. The molecule has 0 fully saturated rings. The minimum absolute atomic E-state index is 0.121. The molecule has 0 bridgehead atoms. The average molecular weight is 278 g/mol. The molecule has 114 valence electrons. The van der Waals surface area contributed by atoms with Crippen LogP contribution >= 0.6 is 0 Å². The van der Waals surface area contributed by atoms with Crippen LogP contribution in [0.2, 0.25) is 0 Å². The zero-order chi connectivity index (χ0) is 15.6. The van der Waals surface area contributed by atoms with Gasteiger partial charge in [-0.3, -0.25) is 0 Å². The molecule has 0 aliphatic rings. The molecule has 2 nitrogen and oxygen atoms in total. The molecule has 0 saturated heterocycles. The molecule has 1 rings (SSSR count). The Kier molecular flexibility index (Phi) is 5.12. The van der Waals surface area contributed by atoms with Gasteiger partial charge in [-0.05, 0) is 36.8 Å². The minimum Gasteiger partial charge on any atom is -0.490 e. The van der Waals surface area contributed by atoms with Gasteiger partial charge < -0.3 is 9.47 Å². The fraction of sp³-hybridized carbons (Fsp3) is 0.667. The van der Waals surface area contributed by atoms with Crippen LogP contribution in [0.4, 0.5) is 0 Å². The third kappa shape index (κ3) is 5.07. The van der Waals surface area contributed by atoms with Crippen LogP contribution in [0.15, 0.2) is 24.3 Å². The highest BCUT2D eigenvalue weighted by molar-refractivity contribution is 5.33. The minimum atomic E-state index is 0.121. The Hall–Kier alpha value is -1.18. The number of ether oxygens (including phenoxy) is 2. The normalized spacial score (nSPS) is 15.6. The second-order valence-electron chi connectivity index (χ2n) is 7.73. The Bertz CT molecular complexity index is 387. The first kappa shape index (κ1) is 16.9. The summed E-state index contributed by atoms with van der Waals surface area (Å²) in [6.45, 7) is 17.3. The van der Waals surface area contributed by atoms with E-state index in [4.69, 9.17) is 9.47 Å². The van der Waals surface area contributed by atoms with E-state index in [9.17, 15) is 0 Å². The summed E-state index contributed by atoms with van der Waals surface area (Å²) in [5, 5.41) is 0. The second kappa shape index (κ2) is 6.07. The van der Waals surface area contributed by atoms with Gasteiger partial charge in [0.25, 0.3) is 0 Å². The van der Waals surface area contributed by atoms with Crippen molar-refractivity contribution in [1.29, 1.82) is 0 Å². The molecule has 0 saturated carbocycles. The first-order valence-electron chi connectivity index (χ1n) is 7.43. The van der Waals surface area contributed by atoms with E-state index in [2.05, 4.69) is 55.4 Å². The molecule has 20 heavy (non-hydrogen) atoms. The van der Waals surface area contributed by atoms with Crippen LogP contribution < -0.4 is 9.47 Å². The Morgan fingerprint density at radius 2 is 1.10 bits per heavy atom. The van der Waals surface area contributed by atoms with Crippen LogP contribution in [0.25, 0.3) is 0 Å². The van der Waals surface area contributed by atoms with E-state index < -0.39 is 0 Å². The molecule has 0 aliphatic heterocycles. The highest BCUT2D eigenvalue weighted by Crippen LogP contribution is 2.29. The second-order valence-corrected chi connectivity index (χ2v) is 7.73. The van der Waals surface area contributed by atoms with Gasteiger partial charge in [-0.2, -0.15) is 0 Å². The first-order valence-corrected chi connectivity index (χ1v) is 7.43. The fourth-order valence-corrected chi connectivity index (χ4v) is 1.38. The van der Waals surface area contributed by atoms with Gasteiger partial charge in [0.05, 0.1) is 0 Å². The molecule has 0 spiro atoms. The van der Waals surface area contributed by atoms with Crippen molar-refractivity contribution in [2.24, 2.45) is 10.8 Å². The Morgan fingerprint density at radius 3 is 1.40 bits per heavy atom. The summed E-state index contributed by atoms with van der Waals surface area (Å²) in [5.41, 5.74) is 0.241. The molecule has 0 heterocycles. The predicted octanol–water partition coefficient (Wildman–Crippen LogP) is 5.31. The van der Waals surface area contributed by atoms with Crippen LogP contribution in [0, 0.1) is 10.8 Å². The molecule has 2 atom stereocenters. The third-order valence-corrected chi connectivity index (χ3v) is 3.87. The van der Waals surface area contributed by atoms with Gasteiger partial charge in [-0.25, -0.2) is 0 Å². The van der Waals surface area contributed by atoms with Crippen LogP contribution in [-0.2, 0) is 0 Å². The molecule has 0 aliphatic carbocycles. The van der Waals surface area contributed by atoms with Crippen molar-refractivity contribution in [3.8, 4) is 11.5 Å². The van der Waals surface area contributed by atoms with Crippen molar-refractivity contribution in [3.05, 3.63) is 24.3 Å².